The molecule has 0 saturated heterocycles. The second kappa shape index (κ2) is 8.56. The highest BCUT2D eigenvalue weighted by molar-refractivity contribution is 5.94. The Kier molecular flexibility index (Phi) is 6.10. The first-order chi connectivity index (χ1) is 10.9. The molecule has 2 aromatic carbocycles. The standard InChI is InChI=1S/C13H10.C7H10N2/c1-4-10-6-2-8-12-9-3-7-11(5-1)13(10)12;1-3-5-8-7-9-6-4-2/h1-8H,9H2;3-4H,1-2,5-6H2. The van der Waals surface area contributed by atoms with Crippen LogP contribution >= 0.6 is 0 Å². The molecule has 2 heteroatoms. The van der Waals surface area contributed by atoms with Gasteiger partial charge in [0.1, 0.15) is 0 Å². The van der Waals surface area contributed by atoms with Crippen molar-refractivity contribution >= 4 is 22.9 Å². The van der Waals surface area contributed by atoms with Crippen LogP contribution in [0.4, 0.5) is 0 Å². The largest absolute Gasteiger partial charge is 0.221 e. The van der Waals surface area contributed by atoms with E-state index in [0.717, 1.165) is 6.42 Å². The minimum Gasteiger partial charge on any atom is -0.221 e. The topological polar surface area (TPSA) is 24.7 Å². The molecule has 0 atom stereocenters. The molecule has 0 radical (unpaired) electrons. The Morgan fingerprint density at radius 2 is 1.68 bits per heavy atom. The summed E-state index contributed by atoms with van der Waals surface area (Å²) in [5, 5.41) is 2.80. The summed E-state index contributed by atoms with van der Waals surface area (Å²) in [7, 11) is 0. The van der Waals surface area contributed by atoms with Gasteiger partial charge in [0.2, 0.25) is 0 Å². The summed E-state index contributed by atoms with van der Waals surface area (Å²) >= 11 is 0. The highest BCUT2D eigenvalue weighted by Gasteiger charge is 2.06. The van der Waals surface area contributed by atoms with E-state index in [9.17, 15) is 0 Å². The van der Waals surface area contributed by atoms with Crippen molar-refractivity contribution in [2.75, 3.05) is 13.1 Å². The van der Waals surface area contributed by atoms with Gasteiger partial charge in [0.25, 0.3) is 0 Å². The molecule has 0 unspecified atom stereocenters. The molecule has 0 heterocycles. The normalized spacial score (nSPS) is 10.9. The van der Waals surface area contributed by atoms with Crippen LogP contribution in [0.15, 0.2) is 77.8 Å². The number of hydrogen-bond acceptors (Lipinski definition) is 2. The van der Waals surface area contributed by atoms with Gasteiger partial charge in [-0.25, -0.2) is 9.98 Å². The number of aliphatic imine (C=N–C) groups is 2. The fraction of sp³-hybridized carbons (Fsp3) is 0.150. The lowest BCUT2D eigenvalue weighted by Gasteiger charge is -2.11. The van der Waals surface area contributed by atoms with Gasteiger partial charge in [-0.1, -0.05) is 60.7 Å². The van der Waals surface area contributed by atoms with Crippen molar-refractivity contribution in [3.05, 3.63) is 78.9 Å². The Hall–Kier alpha value is -2.70. The van der Waals surface area contributed by atoms with Crippen LogP contribution in [-0.2, 0) is 6.42 Å². The third-order valence-electron chi connectivity index (χ3n) is 3.24. The molecule has 0 aromatic heterocycles. The van der Waals surface area contributed by atoms with Crippen LogP contribution in [0.5, 0.6) is 0 Å². The Morgan fingerprint density at radius 1 is 1.00 bits per heavy atom. The lowest BCUT2D eigenvalue weighted by atomic mass is 9.93. The molecular formula is C20H20N2. The minimum absolute atomic E-state index is 0.584. The molecule has 2 nitrogen and oxygen atoms in total. The maximum atomic E-state index is 3.74. The summed E-state index contributed by atoms with van der Waals surface area (Å²) < 4.78 is 0. The Bertz CT molecular complexity index is 728. The Balaban J connectivity index is 0.000000175. The molecule has 0 saturated carbocycles. The van der Waals surface area contributed by atoms with Gasteiger partial charge in [-0.2, -0.15) is 0 Å². The molecular weight excluding hydrogens is 268 g/mol. The van der Waals surface area contributed by atoms with E-state index in [1.165, 1.54) is 21.9 Å². The molecule has 110 valence electrons. The molecule has 0 amide bonds. The maximum absolute atomic E-state index is 3.74. The number of hydrogen-bond donors (Lipinski definition) is 0. The monoisotopic (exact) mass is 288 g/mol. The number of allylic oxidation sites excluding steroid dienone is 1. The predicted octanol–water partition coefficient (Wildman–Crippen LogP) is 4.94. The van der Waals surface area contributed by atoms with Crippen LogP contribution in [-0.4, -0.2) is 19.1 Å². The van der Waals surface area contributed by atoms with Gasteiger partial charge in [0.05, 0.1) is 19.1 Å². The van der Waals surface area contributed by atoms with Gasteiger partial charge in [0, 0.05) is 0 Å². The minimum atomic E-state index is 0.584. The van der Waals surface area contributed by atoms with Gasteiger partial charge < -0.3 is 0 Å². The average Bonchev–Trinajstić information content (AvgIpc) is 2.56. The number of benzene rings is 2. The molecule has 1 aliphatic rings. The van der Waals surface area contributed by atoms with E-state index in [4.69, 9.17) is 0 Å². The fourth-order valence-corrected chi connectivity index (χ4v) is 2.33. The molecule has 2 aromatic rings. The first-order valence-electron chi connectivity index (χ1n) is 7.33. The van der Waals surface area contributed by atoms with Crippen molar-refractivity contribution in [2.24, 2.45) is 9.98 Å². The Labute approximate surface area is 131 Å². The summed E-state index contributed by atoms with van der Waals surface area (Å²) in [5.41, 5.74) is 2.81. The van der Waals surface area contributed by atoms with E-state index in [2.05, 4.69) is 77.7 Å². The summed E-state index contributed by atoms with van der Waals surface area (Å²) in [6, 6.07) is 15.5. The van der Waals surface area contributed by atoms with Crippen LogP contribution in [0.2, 0.25) is 0 Å². The summed E-state index contributed by atoms with van der Waals surface area (Å²) in [6.45, 7) is 8.13. The lowest BCUT2D eigenvalue weighted by molar-refractivity contribution is 1.22. The predicted molar refractivity (Wildman–Crippen MR) is 96.7 cm³/mol. The van der Waals surface area contributed by atoms with Crippen molar-refractivity contribution in [1.82, 2.24) is 0 Å². The van der Waals surface area contributed by atoms with E-state index in [0.29, 0.717) is 13.1 Å². The second-order valence-corrected chi connectivity index (χ2v) is 4.83. The fourth-order valence-electron chi connectivity index (χ4n) is 2.33. The van der Waals surface area contributed by atoms with E-state index in [1.54, 1.807) is 12.2 Å². The number of nitrogens with zero attached hydrogens (tertiary/aromatic N) is 2. The van der Waals surface area contributed by atoms with E-state index in [1.807, 2.05) is 0 Å². The molecule has 0 aliphatic heterocycles. The first-order valence-corrected chi connectivity index (χ1v) is 7.33. The van der Waals surface area contributed by atoms with Gasteiger partial charge in [0.15, 0.2) is 0 Å². The average molecular weight is 288 g/mol. The molecule has 22 heavy (non-hydrogen) atoms. The van der Waals surface area contributed by atoms with Crippen molar-refractivity contribution < 1.29 is 0 Å². The highest BCUT2D eigenvalue weighted by Crippen LogP contribution is 2.27. The maximum Gasteiger partial charge on any atom is 0.0899 e. The SMILES string of the molecule is C1=Cc2cccc3cccc(c23)C1.C=CCN=C=NCC=C. The third-order valence-corrected chi connectivity index (χ3v) is 3.24. The zero-order chi connectivity index (χ0) is 15.6. The van der Waals surface area contributed by atoms with Crippen LogP contribution in [0.1, 0.15) is 11.1 Å². The highest BCUT2D eigenvalue weighted by atomic mass is 14.8. The van der Waals surface area contributed by atoms with Crippen molar-refractivity contribution in [3.8, 4) is 0 Å². The van der Waals surface area contributed by atoms with E-state index < -0.39 is 0 Å². The molecule has 3 rings (SSSR count). The third kappa shape index (κ3) is 4.15. The van der Waals surface area contributed by atoms with Crippen LogP contribution in [0.25, 0.3) is 16.8 Å². The zero-order valence-electron chi connectivity index (χ0n) is 12.7. The van der Waals surface area contributed by atoms with Gasteiger partial charge in [-0.15, -0.1) is 13.2 Å². The van der Waals surface area contributed by atoms with Crippen LogP contribution in [0.3, 0.4) is 0 Å². The lowest BCUT2D eigenvalue weighted by Crippen LogP contribution is -1.91. The molecule has 0 fully saturated rings. The zero-order valence-corrected chi connectivity index (χ0v) is 12.7. The molecule has 0 N–H and O–H groups in total. The van der Waals surface area contributed by atoms with Gasteiger partial charge in [-0.3, -0.25) is 0 Å². The van der Waals surface area contributed by atoms with Gasteiger partial charge in [-0.05, 0) is 28.3 Å². The summed E-state index contributed by atoms with van der Waals surface area (Å²) in [6.07, 6.45) is 8.91. The van der Waals surface area contributed by atoms with Gasteiger partial charge >= 0.3 is 0 Å². The second-order valence-electron chi connectivity index (χ2n) is 4.83. The van der Waals surface area contributed by atoms with E-state index in [-0.39, 0.29) is 0 Å². The smallest absolute Gasteiger partial charge is 0.0899 e. The number of rotatable bonds is 4. The van der Waals surface area contributed by atoms with E-state index >= 15 is 0 Å². The van der Waals surface area contributed by atoms with Crippen LogP contribution in [0, 0.1) is 0 Å². The summed E-state index contributed by atoms with van der Waals surface area (Å²) in [4.78, 5) is 7.49. The molecule has 1 aliphatic carbocycles. The summed E-state index contributed by atoms with van der Waals surface area (Å²) in [5.74, 6) is 0. The molecule has 0 bridgehead atoms. The van der Waals surface area contributed by atoms with Crippen molar-refractivity contribution in [3.63, 3.8) is 0 Å². The van der Waals surface area contributed by atoms with Crippen LogP contribution < -0.4 is 0 Å². The van der Waals surface area contributed by atoms with Crippen molar-refractivity contribution in [1.29, 1.82) is 0 Å². The first kappa shape index (κ1) is 15.7. The quantitative estimate of drug-likeness (QED) is 0.562. The van der Waals surface area contributed by atoms with Crippen molar-refractivity contribution in [2.45, 2.75) is 6.42 Å². The Morgan fingerprint density at radius 3 is 2.36 bits per heavy atom. The molecule has 0 spiro atoms.